The summed E-state index contributed by atoms with van der Waals surface area (Å²) in [6, 6.07) is 7.42. The van der Waals surface area contributed by atoms with Gasteiger partial charge in [0.1, 0.15) is 5.75 Å². The van der Waals surface area contributed by atoms with Crippen LogP contribution in [-0.2, 0) is 19.6 Å². The van der Waals surface area contributed by atoms with Crippen LogP contribution in [0.1, 0.15) is 90.4 Å². The fourth-order valence-electron chi connectivity index (χ4n) is 3.46. The van der Waals surface area contributed by atoms with Crippen molar-refractivity contribution in [3.8, 4) is 5.75 Å². The van der Waals surface area contributed by atoms with E-state index >= 15 is 0 Å². The van der Waals surface area contributed by atoms with Gasteiger partial charge in [0.25, 0.3) is 0 Å². The Hall–Kier alpha value is -0.150. The van der Waals surface area contributed by atoms with Gasteiger partial charge in [-0.15, -0.1) is 0 Å². The van der Waals surface area contributed by atoms with Gasteiger partial charge >= 0.3 is 29.6 Å². The van der Waals surface area contributed by atoms with Crippen molar-refractivity contribution >= 4 is 10.1 Å². The minimum Gasteiger partial charge on any atom is -0.748 e. The van der Waals surface area contributed by atoms with Crippen molar-refractivity contribution < 1.29 is 56.7 Å². The molecular weight excluding hydrogens is 427 g/mol. The van der Waals surface area contributed by atoms with Gasteiger partial charge in [-0.05, 0) is 25.0 Å². The molecule has 0 amide bonds. The van der Waals surface area contributed by atoms with Crippen molar-refractivity contribution in [2.75, 3.05) is 19.0 Å². The van der Waals surface area contributed by atoms with E-state index in [1.807, 2.05) is 18.2 Å². The quantitative estimate of drug-likeness (QED) is 0.224. The SMILES string of the molecule is C.CCCCCCCCCCC1COC(c2cccc(OCCCS(=O)(=O)[O-])c2)O1.[Na+]. The zero-order valence-corrected chi connectivity index (χ0v) is 21.3. The van der Waals surface area contributed by atoms with Crippen LogP contribution in [0.5, 0.6) is 5.75 Å². The van der Waals surface area contributed by atoms with Crippen LogP contribution >= 0.6 is 0 Å². The molecule has 31 heavy (non-hydrogen) atoms. The molecule has 1 saturated heterocycles. The summed E-state index contributed by atoms with van der Waals surface area (Å²) in [6.45, 7) is 3.03. The molecule has 6 nitrogen and oxygen atoms in total. The molecule has 2 unspecified atom stereocenters. The molecule has 0 aromatic heterocycles. The molecule has 0 saturated carbocycles. The Morgan fingerprint density at radius 1 is 1.06 bits per heavy atom. The second-order valence-electron chi connectivity index (χ2n) is 7.72. The maximum atomic E-state index is 10.6. The van der Waals surface area contributed by atoms with Crippen LogP contribution < -0.4 is 34.3 Å². The van der Waals surface area contributed by atoms with E-state index in [-0.39, 0.29) is 62.4 Å². The Bertz CT molecular complexity index is 682. The van der Waals surface area contributed by atoms with Gasteiger partial charge in [0, 0.05) is 11.3 Å². The van der Waals surface area contributed by atoms with Gasteiger partial charge in [0.2, 0.25) is 0 Å². The molecule has 1 aliphatic heterocycles. The molecule has 174 valence electrons. The second-order valence-corrected chi connectivity index (χ2v) is 9.25. The molecule has 1 aliphatic rings. The minimum atomic E-state index is -4.19. The van der Waals surface area contributed by atoms with Gasteiger partial charge in [0.05, 0.1) is 29.4 Å². The zero-order chi connectivity index (χ0) is 21.0. The number of ether oxygens (including phenoxy) is 3. The van der Waals surface area contributed by atoms with Crippen molar-refractivity contribution in [2.24, 2.45) is 0 Å². The van der Waals surface area contributed by atoms with Gasteiger partial charge in [-0.2, -0.15) is 0 Å². The molecule has 0 aliphatic carbocycles. The summed E-state index contributed by atoms with van der Waals surface area (Å²) in [5.41, 5.74) is 0.886. The summed E-state index contributed by atoms with van der Waals surface area (Å²) in [7, 11) is -4.19. The average molecular weight is 467 g/mol. The molecule has 8 heteroatoms. The molecule has 0 spiro atoms. The fraction of sp³-hybridized carbons (Fsp3) is 0.739. The summed E-state index contributed by atoms with van der Waals surface area (Å²) in [5, 5.41) is 0. The molecule has 1 aromatic carbocycles. The molecule has 1 heterocycles. The predicted octanol–water partition coefficient (Wildman–Crippen LogP) is 2.59. The van der Waals surface area contributed by atoms with Gasteiger partial charge in [-0.1, -0.05) is 77.8 Å². The summed E-state index contributed by atoms with van der Waals surface area (Å²) in [4.78, 5) is 0. The van der Waals surface area contributed by atoms with Crippen molar-refractivity contribution in [3.63, 3.8) is 0 Å². The Labute approximate surface area is 211 Å². The van der Waals surface area contributed by atoms with E-state index in [9.17, 15) is 13.0 Å². The van der Waals surface area contributed by atoms with E-state index in [2.05, 4.69) is 6.92 Å². The number of benzene rings is 1. The first-order valence-electron chi connectivity index (χ1n) is 10.9. The summed E-state index contributed by atoms with van der Waals surface area (Å²) in [5.74, 6) is 0.201. The Balaban J connectivity index is 0.00000450. The summed E-state index contributed by atoms with van der Waals surface area (Å²) < 4.78 is 49.2. The van der Waals surface area contributed by atoms with Crippen LogP contribution in [0.25, 0.3) is 0 Å². The first kappa shape index (κ1) is 30.9. The number of unbranched alkanes of at least 4 members (excludes halogenated alkanes) is 7. The minimum absolute atomic E-state index is 0. The number of hydrogen-bond donors (Lipinski definition) is 0. The second kappa shape index (κ2) is 17.3. The van der Waals surface area contributed by atoms with E-state index in [1.54, 1.807) is 6.07 Å². The number of rotatable bonds is 15. The van der Waals surface area contributed by atoms with Gasteiger partial charge < -0.3 is 18.8 Å². The van der Waals surface area contributed by atoms with Crippen molar-refractivity contribution in [2.45, 2.75) is 91.0 Å². The third-order valence-corrected chi connectivity index (χ3v) is 5.86. The van der Waals surface area contributed by atoms with Crippen LogP contribution in [0, 0.1) is 0 Å². The van der Waals surface area contributed by atoms with Crippen LogP contribution in [0.15, 0.2) is 24.3 Å². The molecular formula is C23H39NaO6S. The van der Waals surface area contributed by atoms with Crippen LogP contribution in [0.3, 0.4) is 0 Å². The van der Waals surface area contributed by atoms with Crippen molar-refractivity contribution in [1.82, 2.24) is 0 Å². The average Bonchev–Trinajstić information content (AvgIpc) is 3.16. The van der Waals surface area contributed by atoms with Crippen molar-refractivity contribution in [3.05, 3.63) is 29.8 Å². The van der Waals surface area contributed by atoms with Crippen LogP contribution in [-0.4, -0.2) is 38.0 Å². The topological polar surface area (TPSA) is 84.9 Å². The van der Waals surface area contributed by atoms with Gasteiger partial charge in [-0.25, -0.2) is 8.42 Å². The van der Waals surface area contributed by atoms with E-state index in [4.69, 9.17) is 14.2 Å². The third-order valence-electron chi connectivity index (χ3n) is 5.07. The standard InChI is InChI=1S/C22H36O6S.CH4.Na/c1-2-3-4-5-6-7-8-9-13-21-18-27-22(28-21)19-12-10-14-20(17-19)26-15-11-16-29(23,24)25;;/h10,12,14,17,21-22H,2-9,11,13,15-16,18H2,1H3,(H,23,24,25);1H4;/q;;+1/p-1. The number of hydrogen-bond acceptors (Lipinski definition) is 6. The molecule has 0 bridgehead atoms. The van der Waals surface area contributed by atoms with E-state index in [0.717, 1.165) is 12.0 Å². The van der Waals surface area contributed by atoms with Crippen LogP contribution in [0.2, 0.25) is 0 Å². The first-order valence-corrected chi connectivity index (χ1v) is 12.5. The molecule has 2 atom stereocenters. The molecule has 0 radical (unpaired) electrons. The molecule has 0 N–H and O–H groups in total. The van der Waals surface area contributed by atoms with E-state index in [0.29, 0.717) is 12.4 Å². The Morgan fingerprint density at radius 2 is 1.74 bits per heavy atom. The van der Waals surface area contributed by atoms with E-state index < -0.39 is 15.9 Å². The zero-order valence-electron chi connectivity index (χ0n) is 18.5. The summed E-state index contributed by atoms with van der Waals surface area (Å²) in [6.07, 6.45) is 11.3. The smallest absolute Gasteiger partial charge is 0.748 e. The molecule has 1 fully saturated rings. The third kappa shape index (κ3) is 13.9. The normalized spacial score (nSPS) is 18.3. The molecule has 1 aromatic rings. The van der Waals surface area contributed by atoms with Crippen LogP contribution in [0.4, 0.5) is 0 Å². The monoisotopic (exact) mass is 466 g/mol. The van der Waals surface area contributed by atoms with Gasteiger partial charge in [0.15, 0.2) is 6.29 Å². The maximum Gasteiger partial charge on any atom is 1.00 e. The predicted molar refractivity (Wildman–Crippen MR) is 119 cm³/mol. The largest absolute Gasteiger partial charge is 1.00 e. The first-order chi connectivity index (χ1) is 14.0. The van der Waals surface area contributed by atoms with Crippen molar-refractivity contribution in [1.29, 1.82) is 0 Å². The Morgan fingerprint density at radius 3 is 2.42 bits per heavy atom. The Kier molecular flexibility index (Phi) is 17.3. The molecule has 2 rings (SSSR count). The summed E-state index contributed by atoms with van der Waals surface area (Å²) >= 11 is 0. The van der Waals surface area contributed by atoms with E-state index in [1.165, 1.54) is 51.4 Å². The van der Waals surface area contributed by atoms with Gasteiger partial charge in [-0.3, -0.25) is 0 Å². The fourth-order valence-corrected chi connectivity index (χ4v) is 3.93. The maximum absolute atomic E-state index is 10.6.